The molecule has 0 atom stereocenters. The van der Waals surface area contributed by atoms with Crippen molar-refractivity contribution in [2.45, 2.75) is 20.0 Å². The highest BCUT2D eigenvalue weighted by molar-refractivity contribution is 9.10. The van der Waals surface area contributed by atoms with Crippen molar-refractivity contribution in [2.75, 3.05) is 7.11 Å². The van der Waals surface area contributed by atoms with E-state index < -0.39 is 5.97 Å². The predicted octanol–water partition coefficient (Wildman–Crippen LogP) is 6.53. The topological polar surface area (TPSA) is 44.8 Å². The normalized spacial score (nSPS) is 11.0. The average Bonchev–Trinajstić information content (AvgIpc) is 2.74. The number of esters is 1. The average molecular weight is 467 g/mol. The summed E-state index contributed by atoms with van der Waals surface area (Å²) in [4.78, 5) is 12.3. The molecule has 3 aromatic rings. The Labute approximate surface area is 185 Å². The minimum atomic E-state index is -0.468. The van der Waals surface area contributed by atoms with Crippen LogP contribution in [0, 0.1) is 0 Å². The third-order valence-corrected chi connectivity index (χ3v) is 4.83. The molecule has 0 aromatic heterocycles. The number of methoxy groups -OCH3 is 1. The Morgan fingerprint density at radius 3 is 2.30 bits per heavy atom. The molecule has 4 nitrogen and oxygen atoms in total. The molecular formula is C25H23BrO4. The molecule has 0 bridgehead atoms. The second kappa shape index (κ2) is 10.1. The number of hydrogen-bond donors (Lipinski definition) is 0. The second-order valence-electron chi connectivity index (χ2n) is 6.84. The van der Waals surface area contributed by atoms with E-state index in [1.165, 1.54) is 6.08 Å². The van der Waals surface area contributed by atoms with Crippen molar-refractivity contribution in [1.82, 2.24) is 0 Å². The Balaban J connectivity index is 1.69. The quantitative estimate of drug-likeness (QED) is 0.225. The van der Waals surface area contributed by atoms with Crippen LogP contribution in [0.4, 0.5) is 0 Å². The largest absolute Gasteiger partial charge is 0.493 e. The molecule has 0 aliphatic rings. The van der Waals surface area contributed by atoms with Crippen molar-refractivity contribution in [3.8, 4) is 28.4 Å². The zero-order chi connectivity index (χ0) is 21.5. The lowest BCUT2D eigenvalue weighted by molar-refractivity contribution is -0.128. The lowest BCUT2D eigenvalue weighted by atomic mass is 10.1. The summed E-state index contributed by atoms with van der Waals surface area (Å²) in [6.45, 7) is 3.90. The number of hydrogen-bond acceptors (Lipinski definition) is 4. The van der Waals surface area contributed by atoms with E-state index >= 15 is 0 Å². The molecule has 0 heterocycles. The highest BCUT2D eigenvalue weighted by Crippen LogP contribution is 2.31. The Bertz CT molecular complexity index is 1040. The van der Waals surface area contributed by atoms with Gasteiger partial charge in [-0.1, -0.05) is 42.5 Å². The van der Waals surface area contributed by atoms with Gasteiger partial charge in [0.25, 0.3) is 0 Å². The van der Waals surface area contributed by atoms with E-state index in [1.54, 1.807) is 19.3 Å². The molecule has 0 spiro atoms. The molecule has 3 rings (SSSR count). The molecule has 0 fully saturated rings. The maximum atomic E-state index is 12.3. The van der Waals surface area contributed by atoms with E-state index in [-0.39, 0.29) is 6.10 Å². The summed E-state index contributed by atoms with van der Waals surface area (Å²) in [5.74, 6) is 1.26. The minimum Gasteiger partial charge on any atom is -0.493 e. The number of carbonyl (C=O) groups excluding carboxylic acids is 1. The summed E-state index contributed by atoms with van der Waals surface area (Å²) in [6, 6.07) is 21.1. The number of ether oxygens (including phenoxy) is 3. The zero-order valence-corrected chi connectivity index (χ0v) is 18.7. The monoisotopic (exact) mass is 466 g/mol. The van der Waals surface area contributed by atoms with Crippen molar-refractivity contribution < 1.29 is 19.0 Å². The molecule has 3 aromatic carbocycles. The SMILES string of the molecule is COc1cc(/C=C/C(=O)Oc2ccc(-c3ccccc3)cc2Br)ccc1OC(C)C. The standard InChI is InChI=1S/C25H23BrO4/c1-17(2)29-23-12-9-18(15-24(23)28-3)10-14-25(27)30-22-13-11-20(16-21(22)26)19-7-5-4-6-8-19/h4-17H,1-3H3/b14-10+. The van der Waals surface area contributed by atoms with E-state index in [1.807, 2.05) is 74.5 Å². The Morgan fingerprint density at radius 2 is 1.63 bits per heavy atom. The van der Waals surface area contributed by atoms with Crippen LogP contribution in [-0.2, 0) is 4.79 Å². The highest BCUT2D eigenvalue weighted by atomic mass is 79.9. The van der Waals surface area contributed by atoms with Gasteiger partial charge in [-0.05, 0) is 76.8 Å². The number of carbonyl (C=O) groups is 1. The first-order chi connectivity index (χ1) is 14.5. The van der Waals surface area contributed by atoms with E-state index in [2.05, 4.69) is 15.9 Å². The van der Waals surface area contributed by atoms with Crippen LogP contribution in [0.25, 0.3) is 17.2 Å². The molecular weight excluding hydrogens is 444 g/mol. The molecule has 0 aliphatic heterocycles. The minimum absolute atomic E-state index is 0.0435. The van der Waals surface area contributed by atoms with Gasteiger partial charge in [-0.15, -0.1) is 0 Å². The van der Waals surface area contributed by atoms with Gasteiger partial charge in [-0.3, -0.25) is 0 Å². The van der Waals surface area contributed by atoms with Crippen LogP contribution >= 0.6 is 15.9 Å². The molecule has 30 heavy (non-hydrogen) atoms. The predicted molar refractivity (Wildman–Crippen MR) is 123 cm³/mol. The van der Waals surface area contributed by atoms with Crippen molar-refractivity contribution in [1.29, 1.82) is 0 Å². The third-order valence-electron chi connectivity index (χ3n) is 4.21. The van der Waals surface area contributed by atoms with Crippen LogP contribution in [0.5, 0.6) is 17.2 Å². The van der Waals surface area contributed by atoms with Crippen LogP contribution in [-0.4, -0.2) is 19.2 Å². The van der Waals surface area contributed by atoms with Gasteiger partial charge in [0.2, 0.25) is 0 Å². The molecule has 0 amide bonds. The summed E-state index contributed by atoms with van der Waals surface area (Å²) in [5, 5.41) is 0. The molecule has 0 radical (unpaired) electrons. The van der Waals surface area contributed by atoms with Crippen LogP contribution in [0.3, 0.4) is 0 Å². The van der Waals surface area contributed by atoms with Crippen molar-refractivity contribution in [2.24, 2.45) is 0 Å². The van der Waals surface area contributed by atoms with Crippen LogP contribution in [0.15, 0.2) is 77.3 Å². The van der Waals surface area contributed by atoms with Crippen LogP contribution in [0.2, 0.25) is 0 Å². The molecule has 0 N–H and O–H groups in total. The van der Waals surface area contributed by atoms with Crippen molar-refractivity contribution >= 4 is 28.0 Å². The maximum Gasteiger partial charge on any atom is 0.336 e. The lowest BCUT2D eigenvalue weighted by Gasteiger charge is -2.13. The number of rotatable bonds is 7. The van der Waals surface area contributed by atoms with E-state index in [9.17, 15) is 4.79 Å². The van der Waals surface area contributed by atoms with Gasteiger partial charge in [-0.25, -0.2) is 4.79 Å². The van der Waals surface area contributed by atoms with E-state index in [0.29, 0.717) is 21.7 Å². The van der Waals surface area contributed by atoms with Gasteiger partial charge in [0.15, 0.2) is 11.5 Å². The molecule has 0 saturated heterocycles. The Kier molecular flexibility index (Phi) is 7.31. The van der Waals surface area contributed by atoms with Crippen LogP contribution in [0.1, 0.15) is 19.4 Å². The van der Waals surface area contributed by atoms with Gasteiger partial charge in [-0.2, -0.15) is 0 Å². The van der Waals surface area contributed by atoms with E-state index in [0.717, 1.165) is 16.7 Å². The Hall–Kier alpha value is -3.05. The van der Waals surface area contributed by atoms with Gasteiger partial charge >= 0.3 is 5.97 Å². The van der Waals surface area contributed by atoms with Crippen molar-refractivity contribution in [3.63, 3.8) is 0 Å². The molecule has 0 aliphatic carbocycles. The molecule has 5 heteroatoms. The highest BCUT2D eigenvalue weighted by Gasteiger charge is 2.09. The molecule has 0 unspecified atom stereocenters. The number of benzene rings is 3. The second-order valence-corrected chi connectivity index (χ2v) is 7.70. The Morgan fingerprint density at radius 1 is 0.900 bits per heavy atom. The fraction of sp³-hybridized carbons (Fsp3) is 0.160. The zero-order valence-electron chi connectivity index (χ0n) is 17.1. The summed E-state index contributed by atoms with van der Waals surface area (Å²) < 4.78 is 17.2. The van der Waals surface area contributed by atoms with Crippen molar-refractivity contribution in [3.05, 3.63) is 82.8 Å². The first-order valence-corrected chi connectivity index (χ1v) is 10.3. The molecule has 154 valence electrons. The smallest absolute Gasteiger partial charge is 0.336 e. The van der Waals surface area contributed by atoms with Gasteiger partial charge < -0.3 is 14.2 Å². The summed E-state index contributed by atoms with van der Waals surface area (Å²) in [6.07, 6.45) is 3.10. The summed E-state index contributed by atoms with van der Waals surface area (Å²) in [5.41, 5.74) is 2.93. The maximum absolute atomic E-state index is 12.3. The third kappa shape index (κ3) is 5.74. The van der Waals surface area contributed by atoms with E-state index in [4.69, 9.17) is 14.2 Å². The fourth-order valence-corrected chi connectivity index (χ4v) is 3.30. The van der Waals surface area contributed by atoms with Gasteiger partial charge in [0.1, 0.15) is 5.75 Å². The molecule has 0 saturated carbocycles. The lowest BCUT2D eigenvalue weighted by Crippen LogP contribution is -2.06. The first-order valence-electron chi connectivity index (χ1n) is 9.56. The summed E-state index contributed by atoms with van der Waals surface area (Å²) >= 11 is 3.48. The first kappa shape index (κ1) is 21.7. The fourth-order valence-electron chi connectivity index (χ4n) is 2.84. The van der Waals surface area contributed by atoms with Gasteiger partial charge in [0.05, 0.1) is 17.7 Å². The number of halogens is 1. The van der Waals surface area contributed by atoms with Gasteiger partial charge in [0, 0.05) is 6.08 Å². The van der Waals surface area contributed by atoms with Crippen LogP contribution < -0.4 is 14.2 Å². The summed E-state index contributed by atoms with van der Waals surface area (Å²) in [7, 11) is 1.58.